The molecule has 3 N–H and O–H groups in total. The summed E-state index contributed by atoms with van der Waals surface area (Å²) < 4.78 is 1.27. The molecule has 2 nitrogen and oxygen atoms in total. The van der Waals surface area contributed by atoms with E-state index in [2.05, 4.69) is 5.32 Å². The molecule has 0 aromatic heterocycles. The lowest BCUT2D eigenvalue weighted by Crippen LogP contribution is -2.42. The Balaban J connectivity index is 1.81. The Morgan fingerprint density at radius 2 is 1.93 bits per heavy atom. The molecule has 2 fully saturated rings. The number of hydrogen-bond donors (Lipinski definition) is 2. The average molecular weight is 278 g/mol. The van der Waals surface area contributed by atoms with Crippen LogP contribution >= 0.6 is 46.0 Å². The lowest BCUT2D eigenvalue weighted by atomic mass is 9.94. The first kappa shape index (κ1) is 12.0. The van der Waals surface area contributed by atoms with Crippen LogP contribution in [0, 0.1) is 5.92 Å². The SMILES string of the molecule is NC(=S)SSC(=S)NC12CCC(CC1)C2. The van der Waals surface area contributed by atoms with Crippen LogP contribution in [0.15, 0.2) is 0 Å². The molecule has 0 atom stereocenters. The predicted molar refractivity (Wildman–Crippen MR) is 77.0 cm³/mol. The van der Waals surface area contributed by atoms with Gasteiger partial charge in [-0.3, -0.25) is 0 Å². The summed E-state index contributed by atoms with van der Waals surface area (Å²) in [5, 5.41) is 3.50. The van der Waals surface area contributed by atoms with Crippen LogP contribution < -0.4 is 11.1 Å². The zero-order valence-electron chi connectivity index (χ0n) is 8.32. The molecule has 0 aliphatic heterocycles. The Kier molecular flexibility index (Phi) is 3.80. The standard InChI is InChI=1S/C9H14N2S4/c10-7(12)14-15-8(13)11-9-3-1-6(5-9)2-4-9/h6H,1-5H2,(H2,10,12)(H,11,13). The number of fused-ring (bicyclic) bond motifs is 2. The van der Waals surface area contributed by atoms with Crippen molar-refractivity contribution in [1.29, 1.82) is 0 Å². The van der Waals surface area contributed by atoms with Gasteiger partial charge in [-0.2, -0.15) is 0 Å². The summed E-state index contributed by atoms with van der Waals surface area (Å²) in [6, 6.07) is 0. The summed E-state index contributed by atoms with van der Waals surface area (Å²) in [5.41, 5.74) is 5.72. The van der Waals surface area contributed by atoms with Gasteiger partial charge in [-0.15, -0.1) is 0 Å². The van der Waals surface area contributed by atoms with E-state index < -0.39 is 0 Å². The minimum atomic E-state index is 0.311. The minimum absolute atomic E-state index is 0.311. The largest absolute Gasteiger partial charge is 0.384 e. The Hall–Kier alpha value is 0.480. The van der Waals surface area contributed by atoms with E-state index in [0.717, 1.165) is 10.2 Å². The van der Waals surface area contributed by atoms with Crippen LogP contribution in [-0.4, -0.2) is 14.2 Å². The zero-order chi connectivity index (χ0) is 10.9. The highest BCUT2D eigenvalue weighted by molar-refractivity contribution is 8.89. The van der Waals surface area contributed by atoms with Crippen molar-refractivity contribution < 1.29 is 0 Å². The summed E-state index contributed by atoms with van der Waals surface area (Å²) in [6.45, 7) is 0. The molecule has 2 aliphatic rings. The van der Waals surface area contributed by atoms with Crippen LogP contribution in [-0.2, 0) is 0 Å². The van der Waals surface area contributed by atoms with Crippen LogP contribution in [0.5, 0.6) is 0 Å². The van der Waals surface area contributed by atoms with Gasteiger partial charge in [0.15, 0.2) is 0 Å². The van der Waals surface area contributed by atoms with Gasteiger partial charge in [-0.25, -0.2) is 0 Å². The van der Waals surface area contributed by atoms with Gasteiger partial charge in [0.2, 0.25) is 0 Å². The molecule has 2 aliphatic carbocycles. The lowest BCUT2D eigenvalue weighted by Gasteiger charge is -2.28. The number of rotatable bonds is 1. The molecule has 15 heavy (non-hydrogen) atoms. The second-order valence-electron chi connectivity index (χ2n) is 4.33. The van der Waals surface area contributed by atoms with Crippen molar-refractivity contribution >= 4 is 54.7 Å². The van der Waals surface area contributed by atoms with Gasteiger partial charge in [0.1, 0.15) is 8.64 Å². The van der Waals surface area contributed by atoms with Crippen LogP contribution in [0.1, 0.15) is 32.1 Å². The highest BCUT2D eigenvalue weighted by Gasteiger charge is 2.45. The van der Waals surface area contributed by atoms with E-state index in [1.807, 2.05) is 0 Å². The zero-order valence-corrected chi connectivity index (χ0v) is 11.6. The van der Waals surface area contributed by atoms with E-state index in [9.17, 15) is 0 Å². The van der Waals surface area contributed by atoms with Gasteiger partial charge < -0.3 is 11.1 Å². The van der Waals surface area contributed by atoms with Crippen LogP contribution in [0.4, 0.5) is 0 Å². The molecule has 0 heterocycles. The molecule has 2 saturated carbocycles. The van der Waals surface area contributed by atoms with Crippen molar-refractivity contribution in [1.82, 2.24) is 5.32 Å². The summed E-state index contributed by atoms with van der Waals surface area (Å²) in [4.78, 5) is 0. The monoisotopic (exact) mass is 278 g/mol. The number of nitrogens with one attached hydrogen (secondary N) is 1. The van der Waals surface area contributed by atoms with Crippen LogP contribution in [0.25, 0.3) is 0 Å². The molecule has 84 valence electrons. The van der Waals surface area contributed by atoms with Gasteiger partial charge in [-0.1, -0.05) is 24.4 Å². The van der Waals surface area contributed by atoms with Gasteiger partial charge in [-0.05, 0) is 59.6 Å². The van der Waals surface area contributed by atoms with Gasteiger partial charge >= 0.3 is 0 Å². The maximum atomic E-state index is 5.41. The van der Waals surface area contributed by atoms with Crippen LogP contribution in [0.2, 0.25) is 0 Å². The fourth-order valence-electron chi connectivity index (χ4n) is 2.68. The van der Waals surface area contributed by atoms with E-state index >= 15 is 0 Å². The van der Waals surface area contributed by atoms with Crippen LogP contribution in [0.3, 0.4) is 0 Å². The number of hydrogen-bond acceptors (Lipinski definition) is 4. The fourth-order valence-corrected chi connectivity index (χ4v) is 4.53. The van der Waals surface area contributed by atoms with Gasteiger partial charge in [0, 0.05) is 5.54 Å². The highest BCUT2D eigenvalue weighted by Crippen LogP contribution is 2.48. The van der Waals surface area contributed by atoms with E-state index in [4.69, 9.17) is 30.2 Å². The van der Waals surface area contributed by atoms with Crippen molar-refractivity contribution in [2.24, 2.45) is 11.7 Å². The topological polar surface area (TPSA) is 38.0 Å². The Morgan fingerprint density at radius 1 is 1.27 bits per heavy atom. The van der Waals surface area contributed by atoms with E-state index in [0.29, 0.717) is 9.86 Å². The molecular weight excluding hydrogens is 264 g/mol. The molecule has 0 amide bonds. The van der Waals surface area contributed by atoms with Gasteiger partial charge in [0.05, 0.1) is 0 Å². The fraction of sp³-hybridized carbons (Fsp3) is 0.778. The van der Waals surface area contributed by atoms with Crippen molar-refractivity contribution in [3.63, 3.8) is 0 Å². The third kappa shape index (κ3) is 2.99. The molecule has 0 unspecified atom stereocenters. The quantitative estimate of drug-likeness (QED) is 0.567. The normalized spacial score (nSPS) is 32.9. The summed E-state index contributed by atoms with van der Waals surface area (Å²) in [7, 11) is 2.84. The first-order valence-corrected chi connectivity index (χ1v) is 8.02. The Labute approximate surface area is 109 Å². The van der Waals surface area contributed by atoms with Gasteiger partial charge in [0.25, 0.3) is 0 Å². The van der Waals surface area contributed by atoms with E-state index in [1.165, 1.54) is 53.7 Å². The number of thiocarbonyl (C=S) groups is 2. The molecule has 2 bridgehead atoms. The first-order valence-electron chi connectivity index (χ1n) is 5.06. The van der Waals surface area contributed by atoms with E-state index in [1.54, 1.807) is 0 Å². The minimum Gasteiger partial charge on any atom is -0.384 e. The van der Waals surface area contributed by atoms with Crippen molar-refractivity contribution in [3.8, 4) is 0 Å². The molecule has 2 rings (SSSR count). The maximum Gasteiger partial charge on any atom is 0.145 e. The Bertz CT molecular complexity index is 284. The molecule has 0 radical (unpaired) electrons. The summed E-state index contributed by atoms with van der Waals surface area (Å²) in [5.74, 6) is 0.938. The number of nitrogens with two attached hydrogens (primary N) is 1. The van der Waals surface area contributed by atoms with Crippen molar-refractivity contribution in [2.75, 3.05) is 0 Å². The van der Waals surface area contributed by atoms with E-state index in [-0.39, 0.29) is 0 Å². The summed E-state index contributed by atoms with van der Waals surface area (Å²) in [6.07, 6.45) is 6.57. The second-order valence-corrected chi connectivity index (χ2v) is 7.87. The third-order valence-corrected chi connectivity index (χ3v) is 6.33. The predicted octanol–water partition coefficient (Wildman–Crippen LogP) is 2.82. The molecule has 0 spiro atoms. The molecule has 0 aromatic carbocycles. The molecule has 0 aromatic rings. The Morgan fingerprint density at radius 3 is 2.40 bits per heavy atom. The maximum absolute atomic E-state index is 5.41. The molecule has 6 heteroatoms. The van der Waals surface area contributed by atoms with Crippen molar-refractivity contribution in [3.05, 3.63) is 0 Å². The second kappa shape index (κ2) is 4.77. The molecular formula is C9H14N2S4. The lowest BCUT2D eigenvalue weighted by molar-refractivity contribution is 0.383. The smallest absolute Gasteiger partial charge is 0.145 e. The summed E-state index contributed by atoms with van der Waals surface area (Å²) >= 11 is 10.1. The molecule has 0 saturated heterocycles. The highest BCUT2D eigenvalue weighted by atomic mass is 33.1. The average Bonchev–Trinajstić information content (AvgIpc) is 2.74. The first-order chi connectivity index (χ1) is 7.10. The van der Waals surface area contributed by atoms with Crippen molar-refractivity contribution in [2.45, 2.75) is 37.6 Å². The third-order valence-electron chi connectivity index (χ3n) is 3.31.